The molecule has 92 valence electrons. The highest BCUT2D eigenvalue weighted by atomic mass is 79.9. The van der Waals surface area contributed by atoms with Gasteiger partial charge in [0, 0.05) is 12.0 Å². The summed E-state index contributed by atoms with van der Waals surface area (Å²) < 4.78 is 0.520. The number of carbonyl (C=O) groups is 2. The third-order valence-corrected chi connectivity index (χ3v) is 3.06. The average molecular weight is 300 g/mol. The van der Waals surface area contributed by atoms with Gasteiger partial charge in [-0.05, 0) is 41.1 Å². The summed E-state index contributed by atoms with van der Waals surface area (Å²) >= 11 is 3.13. The minimum Gasteiger partial charge on any atom is -0.507 e. The van der Waals surface area contributed by atoms with Crippen LogP contribution in [0.2, 0.25) is 0 Å². The molecule has 0 radical (unpaired) electrons. The zero-order valence-electron chi connectivity index (χ0n) is 9.66. The van der Waals surface area contributed by atoms with Gasteiger partial charge in [0.25, 0.3) is 5.91 Å². The van der Waals surface area contributed by atoms with E-state index in [1.165, 1.54) is 6.07 Å². The minimum atomic E-state index is -0.515. The molecule has 0 saturated carbocycles. The van der Waals surface area contributed by atoms with Crippen LogP contribution in [0.5, 0.6) is 5.75 Å². The highest BCUT2D eigenvalue weighted by Gasteiger charge is 2.15. The maximum atomic E-state index is 11.7. The van der Waals surface area contributed by atoms with E-state index in [2.05, 4.69) is 21.2 Å². The standard InChI is InChI=1S/C12H14BrNO3/c1-3-10(15)7(2)14-12(17)8-4-5-9(13)11(16)6-8/h4-7,16H,3H2,1-2H3,(H,14,17). The van der Waals surface area contributed by atoms with Crippen molar-refractivity contribution in [3.8, 4) is 5.75 Å². The van der Waals surface area contributed by atoms with Crippen LogP contribution in [0.3, 0.4) is 0 Å². The maximum absolute atomic E-state index is 11.7. The summed E-state index contributed by atoms with van der Waals surface area (Å²) in [5, 5.41) is 12.0. The number of rotatable bonds is 4. The fourth-order valence-corrected chi connectivity index (χ4v) is 1.57. The van der Waals surface area contributed by atoms with Crippen molar-refractivity contribution in [1.29, 1.82) is 0 Å². The number of hydrogen-bond acceptors (Lipinski definition) is 3. The molecule has 1 atom stereocenters. The topological polar surface area (TPSA) is 66.4 Å². The smallest absolute Gasteiger partial charge is 0.251 e. The van der Waals surface area contributed by atoms with Crippen LogP contribution in [0.25, 0.3) is 0 Å². The van der Waals surface area contributed by atoms with E-state index in [1.807, 2.05) is 0 Å². The van der Waals surface area contributed by atoms with Gasteiger partial charge in [-0.25, -0.2) is 0 Å². The highest BCUT2D eigenvalue weighted by Crippen LogP contribution is 2.24. The van der Waals surface area contributed by atoms with Gasteiger partial charge in [-0.2, -0.15) is 0 Å². The van der Waals surface area contributed by atoms with E-state index in [1.54, 1.807) is 26.0 Å². The molecule has 0 heterocycles. The molecular weight excluding hydrogens is 286 g/mol. The molecule has 1 amide bonds. The second-order valence-electron chi connectivity index (χ2n) is 3.68. The molecule has 0 aliphatic carbocycles. The summed E-state index contributed by atoms with van der Waals surface area (Å²) in [6.07, 6.45) is 0.382. The zero-order chi connectivity index (χ0) is 13.0. The molecule has 0 aromatic heterocycles. The van der Waals surface area contributed by atoms with Gasteiger partial charge in [0.15, 0.2) is 5.78 Å². The number of benzene rings is 1. The summed E-state index contributed by atoms with van der Waals surface area (Å²) in [6, 6.07) is 3.99. The maximum Gasteiger partial charge on any atom is 0.251 e. The van der Waals surface area contributed by atoms with E-state index in [4.69, 9.17) is 0 Å². The van der Waals surface area contributed by atoms with Gasteiger partial charge in [-0.15, -0.1) is 0 Å². The molecule has 0 aliphatic rings. The number of Topliss-reactive ketones (excluding diaryl/α,β-unsaturated/α-hetero) is 1. The number of phenolic OH excluding ortho intramolecular Hbond substituents is 1. The first-order valence-corrected chi connectivity index (χ1v) is 6.07. The molecule has 0 spiro atoms. The van der Waals surface area contributed by atoms with Crippen molar-refractivity contribution in [3.63, 3.8) is 0 Å². The van der Waals surface area contributed by atoms with E-state index in [0.717, 1.165) is 0 Å². The number of aromatic hydroxyl groups is 1. The SMILES string of the molecule is CCC(=O)C(C)NC(=O)c1ccc(Br)c(O)c1. The number of hydrogen-bond donors (Lipinski definition) is 2. The summed E-state index contributed by atoms with van der Waals surface area (Å²) in [6.45, 7) is 3.39. The van der Waals surface area contributed by atoms with Gasteiger partial charge in [-0.3, -0.25) is 9.59 Å². The summed E-state index contributed by atoms with van der Waals surface area (Å²) in [7, 11) is 0. The van der Waals surface area contributed by atoms with Gasteiger partial charge in [0.1, 0.15) is 5.75 Å². The van der Waals surface area contributed by atoms with E-state index >= 15 is 0 Å². The lowest BCUT2D eigenvalue weighted by Crippen LogP contribution is -2.38. The number of amides is 1. The fraction of sp³-hybridized carbons (Fsp3) is 0.333. The minimum absolute atomic E-state index is 0.00730. The first-order chi connectivity index (χ1) is 7.95. The predicted molar refractivity (Wildman–Crippen MR) is 68.0 cm³/mol. The van der Waals surface area contributed by atoms with Crippen LogP contribution in [0.4, 0.5) is 0 Å². The number of carbonyl (C=O) groups excluding carboxylic acids is 2. The van der Waals surface area contributed by atoms with Crippen molar-refractivity contribution in [2.24, 2.45) is 0 Å². The molecule has 5 heteroatoms. The van der Waals surface area contributed by atoms with Crippen molar-refractivity contribution < 1.29 is 14.7 Å². The van der Waals surface area contributed by atoms with Gasteiger partial charge in [0.2, 0.25) is 0 Å². The second-order valence-corrected chi connectivity index (χ2v) is 4.54. The Bertz CT molecular complexity index is 445. The molecule has 1 rings (SSSR count). The fourth-order valence-electron chi connectivity index (χ4n) is 1.32. The number of halogens is 1. The first-order valence-electron chi connectivity index (χ1n) is 5.27. The van der Waals surface area contributed by atoms with Crippen LogP contribution >= 0.6 is 15.9 Å². The van der Waals surface area contributed by atoms with Crippen LogP contribution < -0.4 is 5.32 Å². The summed E-state index contributed by atoms with van der Waals surface area (Å²) in [5.74, 6) is -0.408. The third-order valence-electron chi connectivity index (χ3n) is 2.39. The zero-order valence-corrected chi connectivity index (χ0v) is 11.2. The Morgan fingerprint density at radius 3 is 2.65 bits per heavy atom. The molecule has 0 fully saturated rings. The molecule has 0 saturated heterocycles. The van der Waals surface area contributed by atoms with Gasteiger partial charge in [0.05, 0.1) is 10.5 Å². The molecular formula is C12H14BrNO3. The molecule has 4 nitrogen and oxygen atoms in total. The predicted octanol–water partition coefficient (Wildman–Crippen LogP) is 2.25. The van der Waals surface area contributed by atoms with E-state index in [0.29, 0.717) is 16.5 Å². The van der Waals surface area contributed by atoms with Crippen LogP contribution in [0.1, 0.15) is 30.6 Å². The lowest BCUT2D eigenvalue weighted by atomic mass is 10.1. The molecule has 17 heavy (non-hydrogen) atoms. The lowest BCUT2D eigenvalue weighted by molar-refractivity contribution is -0.120. The Morgan fingerprint density at radius 2 is 2.12 bits per heavy atom. The normalized spacial score (nSPS) is 11.9. The highest BCUT2D eigenvalue weighted by molar-refractivity contribution is 9.10. The molecule has 0 bridgehead atoms. The second kappa shape index (κ2) is 5.82. The number of ketones is 1. The third kappa shape index (κ3) is 3.56. The average Bonchev–Trinajstić information content (AvgIpc) is 2.31. The van der Waals surface area contributed by atoms with Crippen molar-refractivity contribution >= 4 is 27.6 Å². The molecule has 2 N–H and O–H groups in total. The van der Waals surface area contributed by atoms with E-state index in [-0.39, 0.29) is 17.4 Å². The lowest BCUT2D eigenvalue weighted by Gasteiger charge is -2.12. The van der Waals surface area contributed by atoms with Crippen LogP contribution in [-0.4, -0.2) is 22.8 Å². The Balaban J connectivity index is 2.76. The van der Waals surface area contributed by atoms with Crippen LogP contribution in [0.15, 0.2) is 22.7 Å². The monoisotopic (exact) mass is 299 g/mol. The van der Waals surface area contributed by atoms with Crippen LogP contribution in [0, 0.1) is 0 Å². The molecule has 0 aliphatic heterocycles. The largest absolute Gasteiger partial charge is 0.507 e. The Kier molecular flexibility index (Phi) is 4.69. The first kappa shape index (κ1) is 13.7. The Hall–Kier alpha value is -1.36. The Labute approximate surface area is 108 Å². The van der Waals surface area contributed by atoms with Crippen molar-refractivity contribution in [2.45, 2.75) is 26.3 Å². The Morgan fingerprint density at radius 1 is 1.47 bits per heavy atom. The van der Waals surface area contributed by atoms with Crippen LogP contribution in [-0.2, 0) is 4.79 Å². The summed E-state index contributed by atoms with van der Waals surface area (Å²) in [5.41, 5.74) is 0.321. The van der Waals surface area contributed by atoms with Gasteiger partial charge in [-0.1, -0.05) is 6.92 Å². The van der Waals surface area contributed by atoms with E-state index in [9.17, 15) is 14.7 Å². The van der Waals surface area contributed by atoms with E-state index < -0.39 is 6.04 Å². The molecule has 1 aromatic rings. The van der Waals surface area contributed by atoms with Crippen molar-refractivity contribution in [2.75, 3.05) is 0 Å². The van der Waals surface area contributed by atoms with Crippen molar-refractivity contribution in [3.05, 3.63) is 28.2 Å². The van der Waals surface area contributed by atoms with Crippen molar-refractivity contribution in [1.82, 2.24) is 5.32 Å². The number of nitrogens with one attached hydrogen (secondary N) is 1. The quantitative estimate of drug-likeness (QED) is 0.896. The van der Waals surface area contributed by atoms with Gasteiger partial charge >= 0.3 is 0 Å². The van der Waals surface area contributed by atoms with Gasteiger partial charge < -0.3 is 10.4 Å². The number of phenols is 1. The molecule has 1 unspecified atom stereocenters. The molecule has 1 aromatic carbocycles. The summed E-state index contributed by atoms with van der Waals surface area (Å²) in [4.78, 5) is 23.1.